The summed E-state index contributed by atoms with van der Waals surface area (Å²) in [5.41, 5.74) is 0.978. The van der Waals surface area contributed by atoms with E-state index >= 15 is 0 Å². The summed E-state index contributed by atoms with van der Waals surface area (Å²) < 4.78 is 9.58. The van der Waals surface area contributed by atoms with Crippen molar-refractivity contribution in [1.82, 2.24) is 10.6 Å². The van der Waals surface area contributed by atoms with Gasteiger partial charge in [0.1, 0.15) is 5.75 Å². The van der Waals surface area contributed by atoms with E-state index in [1.165, 1.54) is 24.3 Å². The maximum absolute atomic E-state index is 12.0. The van der Waals surface area contributed by atoms with Crippen molar-refractivity contribution < 1.29 is 23.9 Å². The van der Waals surface area contributed by atoms with Crippen molar-refractivity contribution in [2.75, 3.05) is 19.7 Å². The van der Waals surface area contributed by atoms with E-state index in [2.05, 4.69) is 15.4 Å². The third kappa shape index (κ3) is 5.94. The fourth-order valence-electron chi connectivity index (χ4n) is 2.06. The van der Waals surface area contributed by atoms with Crippen LogP contribution in [-0.4, -0.2) is 37.7 Å². The molecule has 7 nitrogen and oxygen atoms in total. The van der Waals surface area contributed by atoms with Crippen LogP contribution in [0.15, 0.2) is 54.6 Å². The van der Waals surface area contributed by atoms with Gasteiger partial charge in [-0.25, -0.2) is 4.79 Å². The lowest BCUT2D eigenvalue weighted by atomic mass is 10.2. The van der Waals surface area contributed by atoms with Crippen LogP contribution in [0.1, 0.15) is 27.6 Å². The predicted molar refractivity (Wildman–Crippen MR) is 95.2 cm³/mol. The topological polar surface area (TPSA) is 93.7 Å². The molecular formula is C19H20N2O5. The molecule has 0 saturated carbocycles. The van der Waals surface area contributed by atoms with Gasteiger partial charge in [-0.2, -0.15) is 0 Å². The number of carbonyl (C=O) groups excluding carboxylic acids is 3. The molecule has 0 heterocycles. The van der Waals surface area contributed by atoms with Crippen LogP contribution in [0.25, 0.3) is 0 Å². The van der Waals surface area contributed by atoms with Gasteiger partial charge in [-0.1, -0.05) is 18.2 Å². The highest BCUT2D eigenvalue weighted by molar-refractivity contribution is 5.95. The largest absolute Gasteiger partial charge is 0.513 e. The zero-order valence-corrected chi connectivity index (χ0v) is 14.4. The first kappa shape index (κ1) is 19.0. The number of amides is 2. The molecular weight excluding hydrogens is 336 g/mol. The molecule has 26 heavy (non-hydrogen) atoms. The number of hydrogen-bond donors (Lipinski definition) is 2. The van der Waals surface area contributed by atoms with E-state index in [9.17, 15) is 14.4 Å². The lowest BCUT2D eigenvalue weighted by Crippen LogP contribution is -2.34. The minimum atomic E-state index is -0.793. The predicted octanol–water partition coefficient (Wildman–Crippen LogP) is 2.38. The molecule has 136 valence electrons. The molecule has 0 bridgehead atoms. The van der Waals surface area contributed by atoms with Crippen molar-refractivity contribution in [2.24, 2.45) is 0 Å². The zero-order chi connectivity index (χ0) is 18.8. The average molecular weight is 356 g/mol. The van der Waals surface area contributed by atoms with Gasteiger partial charge in [0.15, 0.2) is 0 Å². The SMILES string of the molecule is CCOC(=O)Oc1ccc(C(=O)NCCNC(=O)c2ccccc2)cc1. The van der Waals surface area contributed by atoms with E-state index in [1.54, 1.807) is 31.2 Å². The maximum atomic E-state index is 12.0. The first-order valence-electron chi connectivity index (χ1n) is 8.16. The molecule has 0 saturated heterocycles. The van der Waals surface area contributed by atoms with Crippen molar-refractivity contribution in [1.29, 1.82) is 0 Å². The van der Waals surface area contributed by atoms with E-state index in [0.29, 0.717) is 24.2 Å². The van der Waals surface area contributed by atoms with Gasteiger partial charge in [-0.15, -0.1) is 0 Å². The number of ether oxygens (including phenoxy) is 2. The monoisotopic (exact) mass is 356 g/mol. The molecule has 0 aliphatic rings. The van der Waals surface area contributed by atoms with Crippen molar-refractivity contribution in [2.45, 2.75) is 6.92 Å². The first-order chi connectivity index (χ1) is 12.6. The third-order valence-electron chi connectivity index (χ3n) is 3.31. The Morgan fingerprint density at radius 2 is 1.35 bits per heavy atom. The first-order valence-corrected chi connectivity index (χ1v) is 8.16. The van der Waals surface area contributed by atoms with Gasteiger partial charge in [0.25, 0.3) is 11.8 Å². The van der Waals surface area contributed by atoms with E-state index in [1.807, 2.05) is 6.07 Å². The maximum Gasteiger partial charge on any atom is 0.513 e. The van der Waals surface area contributed by atoms with Gasteiger partial charge in [0.2, 0.25) is 0 Å². The molecule has 2 aromatic rings. The summed E-state index contributed by atoms with van der Waals surface area (Å²) in [6.45, 7) is 2.50. The Kier molecular flexibility index (Phi) is 7.17. The molecule has 7 heteroatoms. The Morgan fingerprint density at radius 3 is 1.88 bits per heavy atom. The molecule has 0 aliphatic heterocycles. The second-order valence-electron chi connectivity index (χ2n) is 5.19. The second-order valence-corrected chi connectivity index (χ2v) is 5.19. The van der Waals surface area contributed by atoms with Gasteiger partial charge in [0, 0.05) is 24.2 Å². The molecule has 0 atom stereocenters. The summed E-state index contributed by atoms with van der Waals surface area (Å²) in [6, 6.07) is 14.9. The highest BCUT2D eigenvalue weighted by Gasteiger charge is 2.08. The lowest BCUT2D eigenvalue weighted by Gasteiger charge is -2.08. The van der Waals surface area contributed by atoms with Crippen LogP contribution in [-0.2, 0) is 4.74 Å². The van der Waals surface area contributed by atoms with E-state index in [0.717, 1.165) is 0 Å². The van der Waals surface area contributed by atoms with Gasteiger partial charge in [-0.05, 0) is 43.3 Å². The Hall–Kier alpha value is -3.35. The van der Waals surface area contributed by atoms with Crippen LogP contribution in [0.5, 0.6) is 5.75 Å². The zero-order valence-electron chi connectivity index (χ0n) is 14.4. The smallest absolute Gasteiger partial charge is 0.434 e. The van der Waals surface area contributed by atoms with Crippen LogP contribution in [0, 0.1) is 0 Å². The van der Waals surface area contributed by atoms with Crippen LogP contribution < -0.4 is 15.4 Å². The summed E-state index contributed by atoms with van der Waals surface area (Å²) in [6.07, 6.45) is -0.793. The van der Waals surface area contributed by atoms with Gasteiger partial charge < -0.3 is 20.1 Å². The molecule has 0 fully saturated rings. The van der Waals surface area contributed by atoms with Gasteiger partial charge >= 0.3 is 6.16 Å². The Balaban J connectivity index is 1.74. The number of nitrogens with one attached hydrogen (secondary N) is 2. The second kappa shape index (κ2) is 9.83. The fraction of sp³-hybridized carbons (Fsp3) is 0.211. The van der Waals surface area contributed by atoms with Crippen LogP contribution >= 0.6 is 0 Å². The number of benzene rings is 2. The minimum absolute atomic E-state index is 0.194. The molecule has 0 radical (unpaired) electrons. The van der Waals surface area contributed by atoms with Crippen molar-refractivity contribution in [3.63, 3.8) is 0 Å². The molecule has 2 N–H and O–H groups in total. The molecule has 0 spiro atoms. The molecule has 2 rings (SSSR count). The molecule has 0 unspecified atom stereocenters. The Labute approximate surface area is 151 Å². The van der Waals surface area contributed by atoms with Crippen LogP contribution in [0.2, 0.25) is 0 Å². The highest BCUT2D eigenvalue weighted by Crippen LogP contribution is 2.12. The average Bonchev–Trinajstić information content (AvgIpc) is 2.66. The van der Waals surface area contributed by atoms with Crippen LogP contribution in [0.3, 0.4) is 0 Å². The fourth-order valence-corrected chi connectivity index (χ4v) is 2.06. The number of hydrogen-bond acceptors (Lipinski definition) is 5. The van der Waals surface area contributed by atoms with E-state index in [4.69, 9.17) is 4.74 Å². The molecule has 2 amide bonds. The van der Waals surface area contributed by atoms with Gasteiger partial charge in [0.05, 0.1) is 6.61 Å². The Morgan fingerprint density at radius 1 is 0.808 bits per heavy atom. The summed E-state index contributed by atoms with van der Waals surface area (Å²) in [7, 11) is 0. The quantitative estimate of drug-likeness (QED) is 0.451. The van der Waals surface area contributed by atoms with E-state index in [-0.39, 0.29) is 24.2 Å². The number of rotatable bonds is 7. The van der Waals surface area contributed by atoms with Crippen molar-refractivity contribution in [3.05, 3.63) is 65.7 Å². The molecule has 2 aromatic carbocycles. The summed E-state index contributed by atoms with van der Waals surface area (Å²) in [5.74, 6) is -0.197. The third-order valence-corrected chi connectivity index (χ3v) is 3.31. The lowest BCUT2D eigenvalue weighted by molar-refractivity contribution is 0.0927. The summed E-state index contributed by atoms with van der Waals surface area (Å²) >= 11 is 0. The van der Waals surface area contributed by atoms with E-state index < -0.39 is 6.16 Å². The van der Waals surface area contributed by atoms with Crippen LogP contribution in [0.4, 0.5) is 4.79 Å². The normalized spacial score (nSPS) is 9.88. The van der Waals surface area contributed by atoms with Crippen molar-refractivity contribution >= 4 is 18.0 Å². The highest BCUT2D eigenvalue weighted by atomic mass is 16.7. The summed E-state index contributed by atoms with van der Waals surface area (Å²) in [4.78, 5) is 35.1. The van der Waals surface area contributed by atoms with Crippen molar-refractivity contribution in [3.8, 4) is 5.75 Å². The van der Waals surface area contributed by atoms with Gasteiger partial charge in [-0.3, -0.25) is 9.59 Å². The molecule has 0 aliphatic carbocycles. The standard InChI is InChI=1S/C19H20N2O5/c1-2-25-19(24)26-16-10-8-15(9-11-16)18(23)21-13-12-20-17(22)14-6-4-3-5-7-14/h3-11H,2,12-13H2,1H3,(H,20,22)(H,21,23). The summed E-state index contributed by atoms with van der Waals surface area (Å²) in [5, 5.41) is 5.42. The molecule has 0 aromatic heterocycles. The number of carbonyl (C=O) groups is 3. The minimum Gasteiger partial charge on any atom is -0.434 e. The Bertz CT molecular complexity index is 744.